The summed E-state index contributed by atoms with van der Waals surface area (Å²) in [5.74, 6) is -0.513. The molecule has 1 N–H and O–H groups in total. The number of ether oxygens (including phenoxy) is 1. The molecular formula is C31H39N3O5S. The van der Waals surface area contributed by atoms with Crippen molar-refractivity contribution in [3.63, 3.8) is 0 Å². The maximum Gasteiger partial charge on any atom is 0.264 e. The number of methoxy groups -OCH3 is 1. The summed E-state index contributed by atoms with van der Waals surface area (Å²) in [6.45, 7) is 8.84. The highest BCUT2D eigenvalue weighted by Gasteiger charge is 2.34. The van der Waals surface area contributed by atoms with Crippen LogP contribution in [0.3, 0.4) is 0 Å². The van der Waals surface area contributed by atoms with Crippen LogP contribution in [0.4, 0.5) is 5.69 Å². The molecule has 40 heavy (non-hydrogen) atoms. The van der Waals surface area contributed by atoms with Gasteiger partial charge in [0.25, 0.3) is 10.0 Å². The fourth-order valence-electron chi connectivity index (χ4n) is 4.17. The molecule has 0 spiro atoms. The Balaban J connectivity index is 2.08. The van der Waals surface area contributed by atoms with Gasteiger partial charge in [0.2, 0.25) is 11.8 Å². The molecule has 0 saturated heterocycles. The minimum absolute atomic E-state index is 0.0478. The normalized spacial score (nSPS) is 12.8. The maximum absolute atomic E-state index is 14.0. The molecule has 2 amide bonds. The lowest BCUT2D eigenvalue weighted by molar-refractivity contribution is -0.139. The number of aryl methyl sites for hydroxylation is 2. The van der Waals surface area contributed by atoms with Crippen molar-refractivity contribution in [1.82, 2.24) is 10.2 Å². The topological polar surface area (TPSA) is 96.0 Å². The quantitative estimate of drug-likeness (QED) is 0.339. The Bertz CT molecular complexity index is 1410. The van der Waals surface area contributed by atoms with E-state index in [0.717, 1.165) is 27.4 Å². The molecule has 0 unspecified atom stereocenters. The lowest BCUT2D eigenvalue weighted by Gasteiger charge is -2.33. The van der Waals surface area contributed by atoms with Crippen molar-refractivity contribution in [2.45, 2.75) is 64.6 Å². The number of sulfonamides is 1. The third-order valence-electron chi connectivity index (χ3n) is 6.85. The second-order valence-corrected chi connectivity index (χ2v) is 11.9. The largest absolute Gasteiger partial charge is 0.495 e. The minimum Gasteiger partial charge on any atom is -0.495 e. The van der Waals surface area contributed by atoms with Gasteiger partial charge in [0.05, 0.1) is 17.7 Å². The van der Waals surface area contributed by atoms with Crippen molar-refractivity contribution in [1.29, 1.82) is 0 Å². The van der Waals surface area contributed by atoms with Gasteiger partial charge in [-0.2, -0.15) is 0 Å². The molecule has 3 aromatic rings. The Kier molecular flexibility index (Phi) is 10.3. The monoisotopic (exact) mass is 565 g/mol. The van der Waals surface area contributed by atoms with Crippen LogP contribution in [0.25, 0.3) is 0 Å². The van der Waals surface area contributed by atoms with E-state index < -0.39 is 28.5 Å². The molecule has 0 radical (unpaired) electrons. The van der Waals surface area contributed by atoms with Gasteiger partial charge >= 0.3 is 0 Å². The number of carbonyl (C=O) groups excluding carboxylic acids is 2. The summed E-state index contributed by atoms with van der Waals surface area (Å²) < 4.78 is 34.7. The first-order valence-corrected chi connectivity index (χ1v) is 14.8. The number of hydrogen-bond acceptors (Lipinski definition) is 5. The van der Waals surface area contributed by atoms with Gasteiger partial charge in [0, 0.05) is 12.6 Å². The van der Waals surface area contributed by atoms with E-state index in [9.17, 15) is 18.0 Å². The van der Waals surface area contributed by atoms with Crippen LogP contribution in [0.15, 0.2) is 77.7 Å². The molecule has 9 heteroatoms. The Morgan fingerprint density at radius 3 is 2.15 bits per heavy atom. The summed E-state index contributed by atoms with van der Waals surface area (Å²) in [6, 6.07) is 20.0. The van der Waals surface area contributed by atoms with E-state index in [-0.39, 0.29) is 29.1 Å². The summed E-state index contributed by atoms with van der Waals surface area (Å²) in [6.07, 6.45) is 0.737. The molecule has 0 aliphatic carbocycles. The first-order valence-electron chi connectivity index (χ1n) is 13.4. The third-order valence-corrected chi connectivity index (χ3v) is 8.63. The molecule has 0 aliphatic rings. The smallest absolute Gasteiger partial charge is 0.264 e. The van der Waals surface area contributed by atoms with Gasteiger partial charge in [-0.15, -0.1) is 0 Å². The van der Waals surface area contributed by atoms with Crippen molar-refractivity contribution < 1.29 is 22.7 Å². The molecule has 0 bridgehead atoms. The first kappa shape index (κ1) is 30.7. The average Bonchev–Trinajstić information content (AvgIpc) is 2.94. The van der Waals surface area contributed by atoms with Crippen molar-refractivity contribution in [2.24, 2.45) is 0 Å². The number of nitrogens with zero attached hydrogens (tertiary/aromatic N) is 2. The van der Waals surface area contributed by atoms with Crippen LogP contribution in [0, 0.1) is 13.8 Å². The Hall–Kier alpha value is -3.85. The van der Waals surface area contributed by atoms with Gasteiger partial charge in [0.15, 0.2) is 0 Å². The van der Waals surface area contributed by atoms with Gasteiger partial charge in [-0.25, -0.2) is 8.42 Å². The fraction of sp³-hybridized carbons (Fsp3) is 0.355. The molecule has 3 aromatic carbocycles. The Morgan fingerprint density at radius 2 is 1.55 bits per heavy atom. The Labute approximate surface area is 238 Å². The number of benzene rings is 3. The van der Waals surface area contributed by atoms with E-state index in [1.54, 1.807) is 31.2 Å². The van der Waals surface area contributed by atoms with E-state index in [2.05, 4.69) is 5.32 Å². The van der Waals surface area contributed by atoms with E-state index >= 15 is 0 Å². The minimum atomic E-state index is -4.19. The number of hydrogen-bond donors (Lipinski definition) is 1. The molecule has 3 rings (SSSR count). The van der Waals surface area contributed by atoms with Crippen molar-refractivity contribution in [3.05, 3.63) is 89.5 Å². The highest BCUT2D eigenvalue weighted by molar-refractivity contribution is 7.92. The molecule has 0 fully saturated rings. The molecule has 2 atom stereocenters. The van der Waals surface area contributed by atoms with E-state index in [1.165, 1.54) is 24.1 Å². The SMILES string of the molecule is CC[C@H](C)NC(=O)[C@@H](C)N(Cc1ccccc1)C(=O)CN(c1cc(C)ccc1OC)S(=O)(=O)c1ccc(C)cc1. The van der Waals surface area contributed by atoms with Gasteiger partial charge in [-0.05, 0) is 69.5 Å². The summed E-state index contributed by atoms with van der Waals surface area (Å²) in [5, 5.41) is 2.94. The maximum atomic E-state index is 14.0. The highest BCUT2D eigenvalue weighted by atomic mass is 32.2. The molecule has 8 nitrogen and oxygen atoms in total. The lowest BCUT2D eigenvalue weighted by Crippen LogP contribution is -2.52. The van der Waals surface area contributed by atoms with Gasteiger partial charge in [-0.1, -0.05) is 61.0 Å². The van der Waals surface area contributed by atoms with Crippen LogP contribution < -0.4 is 14.4 Å². The fourth-order valence-corrected chi connectivity index (χ4v) is 5.59. The van der Waals surface area contributed by atoms with E-state index in [4.69, 9.17) is 4.74 Å². The number of carbonyl (C=O) groups is 2. The molecule has 0 heterocycles. The lowest BCUT2D eigenvalue weighted by atomic mass is 10.1. The van der Waals surface area contributed by atoms with Crippen LogP contribution >= 0.6 is 0 Å². The molecular weight excluding hydrogens is 526 g/mol. The zero-order valence-electron chi connectivity index (χ0n) is 24.0. The second kappa shape index (κ2) is 13.5. The molecule has 214 valence electrons. The summed E-state index contributed by atoms with van der Waals surface area (Å²) in [5.41, 5.74) is 2.77. The van der Waals surface area contributed by atoms with Gasteiger partial charge < -0.3 is 15.0 Å². The third kappa shape index (κ3) is 7.41. The number of amides is 2. The molecule has 0 saturated carbocycles. The van der Waals surface area contributed by atoms with Crippen LogP contribution in [0.1, 0.15) is 43.9 Å². The molecule has 0 aliphatic heterocycles. The summed E-state index contributed by atoms with van der Waals surface area (Å²) in [7, 11) is -2.73. The van der Waals surface area contributed by atoms with Crippen LogP contribution in [0.5, 0.6) is 5.75 Å². The first-order chi connectivity index (χ1) is 19.0. The van der Waals surface area contributed by atoms with Crippen LogP contribution in [0.2, 0.25) is 0 Å². The van der Waals surface area contributed by atoms with Gasteiger partial charge in [0.1, 0.15) is 18.3 Å². The van der Waals surface area contributed by atoms with Gasteiger partial charge in [-0.3, -0.25) is 13.9 Å². The predicted molar refractivity (Wildman–Crippen MR) is 158 cm³/mol. The van der Waals surface area contributed by atoms with E-state index in [1.807, 2.05) is 64.1 Å². The van der Waals surface area contributed by atoms with Crippen molar-refractivity contribution >= 4 is 27.5 Å². The van der Waals surface area contributed by atoms with E-state index in [0.29, 0.717) is 5.75 Å². The van der Waals surface area contributed by atoms with Crippen molar-refractivity contribution in [3.8, 4) is 5.75 Å². The van der Waals surface area contributed by atoms with Crippen LogP contribution in [-0.2, 0) is 26.2 Å². The molecule has 0 aromatic heterocycles. The summed E-state index contributed by atoms with van der Waals surface area (Å²) in [4.78, 5) is 28.7. The standard InChI is InChI=1S/C31H39N3O5S/c1-7-24(4)32-31(36)25(5)33(20-26-11-9-8-10-12-26)30(35)21-34(28-19-23(3)15-18-29(28)39-6)40(37,38)27-16-13-22(2)14-17-27/h8-19,24-25H,7,20-21H2,1-6H3,(H,32,36)/t24-,25+/m0/s1. The Morgan fingerprint density at radius 1 is 0.925 bits per heavy atom. The zero-order valence-corrected chi connectivity index (χ0v) is 24.9. The van der Waals surface area contributed by atoms with Crippen molar-refractivity contribution in [2.75, 3.05) is 18.0 Å². The second-order valence-electron chi connectivity index (χ2n) is 10.0. The zero-order chi connectivity index (χ0) is 29.4. The highest BCUT2D eigenvalue weighted by Crippen LogP contribution is 2.33. The average molecular weight is 566 g/mol. The number of anilines is 1. The van der Waals surface area contributed by atoms with Crippen LogP contribution in [-0.4, -0.2) is 50.9 Å². The predicted octanol–water partition coefficient (Wildman–Crippen LogP) is 4.84. The number of rotatable bonds is 12. The summed E-state index contributed by atoms with van der Waals surface area (Å²) >= 11 is 0. The number of nitrogens with one attached hydrogen (secondary N) is 1.